The lowest BCUT2D eigenvalue weighted by atomic mass is 10.1. The van der Waals surface area contributed by atoms with Crippen molar-refractivity contribution in [2.45, 2.75) is 39.3 Å². The van der Waals surface area contributed by atoms with Crippen LogP contribution in [0.25, 0.3) is 0 Å². The van der Waals surface area contributed by atoms with E-state index in [0.717, 1.165) is 17.9 Å². The first-order valence-corrected chi connectivity index (χ1v) is 8.28. The van der Waals surface area contributed by atoms with Gasteiger partial charge in [-0.05, 0) is 38.7 Å². The van der Waals surface area contributed by atoms with Gasteiger partial charge in [0, 0.05) is 24.7 Å². The van der Waals surface area contributed by atoms with E-state index in [0.29, 0.717) is 11.5 Å². The summed E-state index contributed by atoms with van der Waals surface area (Å²) in [5.74, 6) is 1.08. The van der Waals surface area contributed by atoms with Crippen LogP contribution in [0, 0.1) is 18.7 Å². The van der Waals surface area contributed by atoms with Crippen LogP contribution in [-0.2, 0) is 6.54 Å². The summed E-state index contributed by atoms with van der Waals surface area (Å²) in [5, 5.41) is 7.28. The number of aromatic nitrogens is 2. The van der Waals surface area contributed by atoms with E-state index in [4.69, 9.17) is 0 Å². The number of hydrogen-bond acceptors (Lipinski definition) is 2. The molecule has 0 saturated heterocycles. The fraction of sp³-hybridized carbons (Fsp3) is 0.444. The molecule has 1 aliphatic rings. The highest BCUT2D eigenvalue weighted by Gasteiger charge is 2.25. The Balaban J connectivity index is 1.72. The number of hydrogen-bond donors (Lipinski definition) is 1. The predicted molar refractivity (Wildman–Crippen MR) is 91.3 cm³/mol. The number of urea groups is 1. The van der Waals surface area contributed by atoms with Gasteiger partial charge in [0.25, 0.3) is 0 Å². The van der Waals surface area contributed by atoms with Crippen LogP contribution in [0.1, 0.15) is 36.9 Å². The maximum Gasteiger partial charge on any atom is 0.323 e. The molecular formula is C18H23FN4O. The van der Waals surface area contributed by atoms with Gasteiger partial charge in [-0.1, -0.05) is 18.2 Å². The van der Waals surface area contributed by atoms with E-state index in [9.17, 15) is 9.18 Å². The SMILES string of the molecule is Cc1cnn(CC2CC2)c1NC(=O)N(C)[C@@H](C)c1ccccc1F. The Kier molecular flexibility index (Phi) is 4.55. The summed E-state index contributed by atoms with van der Waals surface area (Å²) >= 11 is 0. The molecule has 5 nitrogen and oxygen atoms in total. The highest BCUT2D eigenvalue weighted by atomic mass is 19.1. The first kappa shape index (κ1) is 16.5. The van der Waals surface area contributed by atoms with E-state index >= 15 is 0 Å². The summed E-state index contributed by atoms with van der Waals surface area (Å²) in [5.41, 5.74) is 1.43. The van der Waals surface area contributed by atoms with Crippen molar-refractivity contribution < 1.29 is 9.18 Å². The molecule has 1 heterocycles. The second-order valence-electron chi connectivity index (χ2n) is 6.54. The molecule has 1 fully saturated rings. The lowest BCUT2D eigenvalue weighted by Gasteiger charge is -2.26. The maximum absolute atomic E-state index is 13.9. The Hall–Kier alpha value is -2.37. The number of amides is 2. The molecule has 1 aromatic carbocycles. The minimum absolute atomic E-state index is 0.272. The van der Waals surface area contributed by atoms with Gasteiger partial charge in [0.15, 0.2) is 0 Å². The Morgan fingerprint density at radius 2 is 2.17 bits per heavy atom. The molecule has 2 aromatic rings. The molecule has 0 unspecified atom stereocenters. The highest BCUT2D eigenvalue weighted by molar-refractivity contribution is 5.89. The quantitative estimate of drug-likeness (QED) is 0.902. The Morgan fingerprint density at radius 3 is 2.83 bits per heavy atom. The van der Waals surface area contributed by atoms with Crippen molar-refractivity contribution >= 4 is 11.8 Å². The third-order valence-corrected chi connectivity index (χ3v) is 4.63. The van der Waals surface area contributed by atoms with Gasteiger partial charge in [0.05, 0.1) is 12.2 Å². The van der Waals surface area contributed by atoms with Crippen LogP contribution >= 0.6 is 0 Å². The normalized spacial score (nSPS) is 15.2. The van der Waals surface area contributed by atoms with Crippen LogP contribution < -0.4 is 5.32 Å². The molecule has 128 valence electrons. The van der Waals surface area contributed by atoms with Gasteiger partial charge < -0.3 is 4.90 Å². The predicted octanol–water partition coefficient (Wildman–Crippen LogP) is 3.97. The number of carbonyl (C=O) groups is 1. The summed E-state index contributed by atoms with van der Waals surface area (Å²) in [7, 11) is 1.67. The van der Waals surface area contributed by atoms with Gasteiger partial charge in [0.1, 0.15) is 11.6 Å². The molecule has 6 heteroatoms. The van der Waals surface area contributed by atoms with Gasteiger partial charge in [-0.3, -0.25) is 5.32 Å². The molecule has 24 heavy (non-hydrogen) atoms. The van der Waals surface area contributed by atoms with Gasteiger partial charge in [-0.25, -0.2) is 13.9 Å². The molecule has 1 aliphatic carbocycles. The average Bonchev–Trinajstić information content (AvgIpc) is 3.33. The Bertz CT molecular complexity index is 738. The number of nitrogens with zero attached hydrogens (tertiary/aromatic N) is 3. The molecule has 1 N–H and O–H groups in total. The summed E-state index contributed by atoms with van der Waals surface area (Å²) < 4.78 is 15.8. The van der Waals surface area contributed by atoms with Crippen molar-refractivity contribution in [2.75, 3.05) is 12.4 Å². The summed E-state index contributed by atoms with van der Waals surface area (Å²) in [6.07, 6.45) is 4.20. The average molecular weight is 330 g/mol. The monoisotopic (exact) mass is 330 g/mol. The summed E-state index contributed by atoms with van der Waals surface area (Å²) in [4.78, 5) is 14.1. The number of nitrogens with one attached hydrogen (secondary N) is 1. The van der Waals surface area contributed by atoms with Crippen LogP contribution in [0.3, 0.4) is 0 Å². The number of benzene rings is 1. The molecule has 3 rings (SSSR count). The molecule has 2 amide bonds. The molecule has 0 spiro atoms. The lowest BCUT2D eigenvalue weighted by Crippen LogP contribution is -2.34. The number of aryl methyl sites for hydroxylation is 1. The maximum atomic E-state index is 13.9. The van der Waals surface area contributed by atoms with E-state index in [1.54, 1.807) is 31.4 Å². The second kappa shape index (κ2) is 6.63. The van der Waals surface area contributed by atoms with Crippen LogP contribution in [0.2, 0.25) is 0 Å². The van der Waals surface area contributed by atoms with E-state index in [1.165, 1.54) is 23.8 Å². The van der Waals surface area contributed by atoms with Crippen molar-refractivity contribution in [1.29, 1.82) is 0 Å². The number of rotatable bonds is 5. The molecule has 0 radical (unpaired) electrons. The van der Waals surface area contributed by atoms with Gasteiger partial charge in [0.2, 0.25) is 0 Å². The third-order valence-electron chi connectivity index (χ3n) is 4.63. The van der Waals surface area contributed by atoms with E-state index in [1.807, 2.05) is 18.5 Å². The molecule has 1 saturated carbocycles. The smallest absolute Gasteiger partial charge is 0.321 e. The molecule has 0 bridgehead atoms. The molecule has 1 aromatic heterocycles. The summed E-state index contributed by atoms with van der Waals surface area (Å²) in [6.45, 7) is 4.56. The zero-order chi connectivity index (χ0) is 17.3. The number of carbonyl (C=O) groups excluding carboxylic acids is 1. The van der Waals surface area contributed by atoms with Crippen molar-refractivity contribution in [3.63, 3.8) is 0 Å². The lowest BCUT2D eigenvalue weighted by molar-refractivity contribution is 0.207. The zero-order valence-electron chi connectivity index (χ0n) is 14.3. The zero-order valence-corrected chi connectivity index (χ0v) is 14.3. The van der Waals surface area contributed by atoms with E-state index in [2.05, 4.69) is 10.4 Å². The van der Waals surface area contributed by atoms with E-state index < -0.39 is 0 Å². The fourth-order valence-corrected chi connectivity index (χ4v) is 2.71. The topological polar surface area (TPSA) is 50.2 Å². The molecular weight excluding hydrogens is 307 g/mol. The minimum atomic E-state index is -0.369. The highest BCUT2D eigenvalue weighted by Crippen LogP contribution is 2.32. The van der Waals surface area contributed by atoms with Crippen LogP contribution in [0.5, 0.6) is 0 Å². The first-order valence-electron chi connectivity index (χ1n) is 8.28. The Morgan fingerprint density at radius 1 is 1.46 bits per heavy atom. The minimum Gasteiger partial charge on any atom is -0.321 e. The molecule has 1 atom stereocenters. The second-order valence-corrected chi connectivity index (χ2v) is 6.54. The van der Waals surface area contributed by atoms with Crippen LogP contribution in [0.15, 0.2) is 30.5 Å². The standard InChI is InChI=1S/C18H23FN4O/c1-12-10-20-23(11-14-8-9-14)17(12)21-18(24)22(3)13(2)15-6-4-5-7-16(15)19/h4-7,10,13-14H,8-9,11H2,1-3H3,(H,21,24)/t13-/m0/s1. The third kappa shape index (κ3) is 3.42. The fourth-order valence-electron chi connectivity index (χ4n) is 2.71. The molecule has 0 aliphatic heterocycles. The number of anilines is 1. The van der Waals surface area contributed by atoms with Crippen molar-refractivity contribution in [3.05, 3.63) is 47.4 Å². The van der Waals surface area contributed by atoms with Crippen LogP contribution in [-0.4, -0.2) is 27.8 Å². The summed E-state index contributed by atoms with van der Waals surface area (Å²) in [6, 6.07) is 5.89. The van der Waals surface area contributed by atoms with Crippen molar-refractivity contribution in [3.8, 4) is 0 Å². The first-order chi connectivity index (χ1) is 11.5. The van der Waals surface area contributed by atoms with Crippen molar-refractivity contribution in [2.24, 2.45) is 5.92 Å². The largest absolute Gasteiger partial charge is 0.323 e. The van der Waals surface area contributed by atoms with Gasteiger partial charge >= 0.3 is 6.03 Å². The van der Waals surface area contributed by atoms with Crippen molar-refractivity contribution in [1.82, 2.24) is 14.7 Å². The Labute approximate surface area is 141 Å². The van der Waals surface area contributed by atoms with Gasteiger partial charge in [-0.2, -0.15) is 5.10 Å². The van der Waals surface area contributed by atoms with Gasteiger partial charge in [-0.15, -0.1) is 0 Å². The number of halogens is 1. The van der Waals surface area contributed by atoms with Crippen LogP contribution in [0.4, 0.5) is 15.0 Å². The van der Waals surface area contributed by atoms with E-state index in [-0.39, 0.29) is 17.9 Å².